The van der Waals surface area contributed by atoms with Gasteiger partial charge in [-0.05, 0) is 31.0 Å². The molecule has 0 unspecified atom stereocenters. The number of nitrogens with one attached hydrogen (secondary N) is 2. The Balaban J connectivity index is 2.75. The van der Waals surface area contributed by atoms with Crippen LogP contribution in [0.25, 0.3) is 0 Å². The highest BCUT2D eigenvalue weighted by atomic mass is 16.2. The van der Waals surface area contributed by atoms with E-state index in [0.717, 1.165) is 12.0 Å². The molecule has 1 rings (SSSR count). The molecule has 0 bridgehead atoms. The number of rotatable bonds is 5. The molecular weight excluding hydrogens is 268 g/mol. The van der Waals surface area contributed by atoms with Gasteiger partial charge in [-0.25, -0.2) is 0 Å². The molecular formula is C16H20N2O3. The van der Waals surface area contributed by atoms with Crippen molar-refractivity contribution in [3.05, 3.63) is 34.9 Å². The summed E-state index contributed by atoms with van der Waals surface area (Å²) in [5.41, 5.74) is 1.90. The Bertz CT molecular complexity index is 571. The monoisotopic (exact) mass is 288 g/mol. The number of aliphatic hydroxyl groups is 1. The van der Waals surface area contributed by atoms with Crippen molar-refractivity contribution in [3.63, 3.8) is 0 Å². The number of hydrogen-bond donors (Lipinski definition) is 3. The highest BCUT2D eigenvalue weighted by molar-refractivity contribution is 5.98. The van der Waals surface area contributed by atoms with E-state index in [9.17, 15) is 9.59 Å². The van der Waals surface area contributed by atoms with E-state index in [0.29, 0.717) is 17.7 Å². The SMILES string of the molecule is CCCNC(=O)CNC(=O)c1ccc(C)cc1C#CCO. The van der Waals surface area contributed by atoms with Crippen LogP contribution in [0.2, 0.25) is 0 Å². The van der Waals surface area contributed by atoms with Gasteiger partial charge in [-0.3, -0.25) is 9.59 Å². The van der Waals surface area contributed by atoms with Crippen LogP contribution in [-0.4, -0.2) is 36.6 Å². The lowest BCUT2D eigenvalue weighted by molar-refractivity contribution is -0.120. The number of carbonyl (C=O) groups is 2. The van der Waals surface area contributed by atoms with Gasteiger partial charge >= 0.3 is 0 Å². The smallest absolute Gasteiger partial charge is 0.252 e. The van der Waals surface area contributed by atoms with Crippen LogP contribution in [0.1, 0.15) is 34.8 Å². The maximum Gasteiger partial charge on any atom is 0.252 e. The fourth-order valence-corrected chi connectivity index (χ4v) is 1.68. The van der Waals surface area contributed by atoms with Gasteiger partial charge in [0, 0.05) is 12.1 Å². The molecule has 112 valence electrons. The molecule has 0 atom stereocenters. The number of aliphatic hydroxyl groups excluding tert-OH is 1. The van der Waals surface area contributed by atoms with Gasteiger partial charge in [0.05, 0.1) is 12.1 Å². The van der Waals surface area contributed by atoms with Gasteiger partial charge in [-0.2, -0.15) is 0 Å². The van der Waals surface area contributed by atoms with Crippen molar-refractivity contribution < 1.29 is 14.7 Å². The molecule has 0 aromatic heterocycles. The summed E-state index contributed by atoms with van der Waals surface area (Å²) in [4.78, 5) is 23.6. The zero-order chi connectivity index (χ0) is 15.7. The minimum Gasteiger partial charge on any atom is -0.384 e. The molecule has 0 aliphatic carbocycles. The number of amides is 2. The third-order valence-electron chi connectivity index (χ3n) is 2.70. The second-order valence-corrected chi connectivity index (χ2v) is 4.54. The first-order chi connectivity index (χ1) is 10.1. The minimum atomic E-state index is -0.358. The second kappa shape index (κ2) is 8.77. The molecule has 1 aromatic rings. The molecule has 0 saturated carbocycles. The van der Waals surface area contributed by atoms with E-state index >= 15 is 0 Å². The zero-order valence-corrected chi connectivity index (χ0v) is 12.3. The van der Waals surface area contributed by atoms with Crippen LogP contribution in [0.3, 0.4) is 0 Å². The number of benzene rings is 1. The third kappa shape index (κ3) is 5.67. The van der Waals surface area contributed by atoms with Gasteiger partial charge < -0.3 is 15.7 Å². The molecule has 5 heteroatoms. The Morgan fingerprint density at radius 2 is 2.05 bits per heavy atom. The van der Waals surface area contributed by atoms with E-state index < -0.39 is 0 Å². The van der Waals surface area contributed by atoms with E-state index in [1.165, 1.54) is 0 Å². The van der Waals surface area contributed by atoms with Crippen molar-refractivity contribution >= 4 is 11.8 Å². The summed E-state index contributed by atoms with van der Waals surface area (Å²) >= 11 is 0. The van der Waals surface area contributed by atoms with Crippen LogP contribution in [0.15, 0.2) is 18.2 Å². The third-order valence-corrected chi connectivity index (χ3v) is 2.70. The molecule has 0 saturated heterocycles. The Morgan fingerprint density at radius 3 is 2.71 bits per heavy atom. The molecule has 3 N–H and O–H groups in total. The molecule has 0 radical (unpaired) electrons. The molecule has 5 nitrogen and oxygen atoms in total. The van der Waals surface area contributed by atoms with Crippen molar-refractivity contribution in [2.75, 3.05) is 19.7 Å². The van der Waals surface area contributed by atoms with Crippen LogP contribution in [-0.2, 0) is 4.79 Å². The van der Waals surface area contributed by atoms with Crippen LogP contribution in [0, 0.1) is 18.8 Å². The number of carbonyl (C=O) groups excluding carboxylic acids is 2. The summed E-state index contributed by atoms with van der Waals surface area (Å²) < 4.78 is 0. The van der Waals surface area contributed by atoms with Gasteiger partial charge in [0.1, 0.15) is 6.61 Å². The van der Waals surface area contributed by atoms with Gasteiger partial charge in [0.2, 0.25) is 5.91 Å². The van der Waals surface area contributed by atoms with Gasteiger partial charge in [0.15, 0.2) is 0 Å². The predicted octanol–water partition coefficient (Wildman–Crippen LogP) is 0.595. The average molecular weight is 288 g/mol. The summed E-state index contributed by atoms with van der Waals surface area (Å²) in [6.07, 6.45) is 0.846. The van der Waals surface area contributed by atoms with Crippen LogP contribution in [0.5, 0.6) is 0 Å². The lowest BCUT2D eigenvalue weighted by Gasteiger charge is -2.08. The lowest BCUT2D eigenvalue weighted by Crippen LogP contribution is -2.37. The standard InChI is InChI=1S/C16H20N2O3/c1-3-8-17-15(20)11-18-16(21)14-7-6-12(2)10-13(14)5-4-9-19/h6-7,10,19H,3,8-9,11H2,1-2H3,(H,17,20)(H,18,21). The minimum absolute atomic E-state index is 0.0699. The van der Waals surface area contributed by atoms with E-state index in [-0.39, 0.29) is 25.0 Å². The largest absolute Gasteiger partial charge is 0.384 e. The van der Waals surface area contributed by atoms with Crippen molar-refractivity contribution in [2.45, 2.75) is 20.3 Å². The van der Waals surface area contributed by atoms with Crippen LogP contribution in [0.4, 0.5) is 0 Å². The highest BCUT2D eigenvalue weighted by Crippen LogP contribution is 2.10. The predicted molar refractivity (Wildman–Crippen MR) is 80.8 cm³/mol. The quantitative estimate of drug-likeness (QED) is 0.694. The Hall–Kier alpha value is -2.32. The molecule has 1 aromatic carbocycles. The first-order valence-electron chi connectivity index (χ1n) is 6.83. The number of hydrogen-bond acceptors (Lipinski definition) is 3. The molecule has 21 heavy (non-hydrogen) atoms. The topological polar surface area (TPSA) is 78.4 Å². The van der Waals surface area contributed by atoms with Crippen molar-refractivity contribution in [3.8, 4) is 11.8 Å². The molecule has 0 spiro atoms. The zero-order valence-electron chi connectivity index (χ0n) is 12.3. The lowest BCUT2D eigenvalue weighted by atomic mass is 10.0. The Morgan fingerprint density at radius 1 is 1.29 bits per heavy atom. The summed E-state index contributed by atoms with van der Waals surface area (Å²) in [6, 6.07) is 5.24. The van der Waals surface area contributed by atoms with E-state index in [1.807, 2.05) is 13.8 Å². The first-order valence-corrected chi connectivity index (χ1v) is 6.83. The molecule has 0 aliphatic rings. The Labute approximate surface area is 124 Å². The molecule has 0 fully saturated rings. The summed E-state index contributed by atoms with van der Waals surface area (Å²) in [7, 11) is 0. The second-order valence-electron chi connectivity index (χ2n) is 4.54. The molecule has 0 heterocycles. The maximum atomic E-state index is 12.1. The summed E-state index contributed by atoms with van der Waals surface area (Å²) in [5.74, 6) is 4.69. The maximum absolute atomic E-state index is 12.1. The van der Waals surface area contributed by atoms with E-state index in [2.05, 4.69) is 22.5 Å². The van der Waals surface area contributed by atoms with Crippen molar-refractivity contribution in [2.24, 2.45) is 0 Å². The van der Waals surface area contributed by atoms with E-state index in [1.54, 1.807) is 18.2 Å². The van der Waals surface area contributed by atoms with Gasteiger partial charge in [0.25, 0.3) is 5.91 Å². The van der Waals surface area contributed by atoms with Crippen LogP contribution < -0.4 is 10.6 Å². The molecule has 0 aliphatic heterocycles. The summed E-state index contributed by atoms with van der Waals surface area (Å²) in [6.45, 7) is 4.10. The van der Waals surface area contributed by atoms with Crippen molar-refractivity contribution in [1.82, 2.24) is 10.6 Å². The van der Waals surface area contributed by atoms with E-state index in [4.69, 9.17) is 5.11 Å². The van der Waals surface area contributed by atoms with Crippen LogP contribution >= 0.6 is 0 Å². The van der Waals surface area contributed by atoms with Crippen molar-refractivity contribution in [1.29, 1.82) is 0 Å². The van der Waals surface area contributed by atoms with Gasteiger partial charge in [-0.1, -0.05) is 24.8 Å². The Kier molecular flexibility index (Phi) is 6.99. The number of aryl methyl sites for hydroxylation is 1. The van der Waals surface area contributed by atoms with Gasteiger partial charge in [-0.15, -0.1) is 0 Å². The fourth-order valence-electron chi connectivity index (χ4n) is 1.68. The first kappa shape index (κ1) is 16.7. The molecule has 2 amide bonds. The summed E-state index contributed by atoms with van der Waals surface area (Å²) in [5, 5.41) is 14.0. The fraction of sp³-hybridized carbons (Fsp3) is 0.375. The normalized spacial score (nSPS) is 9.48. The highest BCUT2D eigenvalue weighted by Gasteiger charge is 2.11. The average Bonchev–Trinajstić information content (AvgIpc) is 2.48.